The monoisotopic (exact) mass is 287 g/mol. The summed E-state index contributed by atoms with van der Waals surface area (Å²) in [6, 6.07) is 2.20. The quantitative estimate of drug-likeness (QED) is 0.827. The predicted octanol–water partition coefficient (Wildman–Crippen LogP) is 1.35. The van der Waals surface area contributed by atoms with Gasteiger partial charge in [-0.05, 0) is 32.3 Å². The molecule has 2 aromatic rings. The summed E-state index contributed by atoms with van der Waals surface area (Å²) in [5.74, 6) is 1.83. The number of anilines is 1. The lowest BCUT2D eigenvalue weighted by atomic mass is 9.87. The summed E-state index contributed by atoms with van der Waals surface area (Å²) in [5.41, 5.74) is 8.02. The van der Waals surface area contributed by atoms with E-state index in [1.54, 1.807) is 0 Å². The fourth-order valence-electron chi connectivity index (χ4n) is 3.62. The van der Waals surface area contributed by atoms with Crippen LogP contribution in [0.5, 0.6) is 0 Å². The molecule has 4 rings (SSSR count). The third-order valence-electron chi connectivity index (χ3n) is 4.71. The maximum absolute atomic E-state index is 6.00. The van der Waals surface area contributed by atoms with E-state index in [2.05, 4.69) is 19.9 Å². The molecule has 0 saturated carbocycles. The van der Waals surface area contributed by atoms with E-state index in [0.717, 1.165) is 55.0 Å². The molecular formula is C15H21N5O. The van der Waals surface area contributed by atoms with E-state index in [9.17, 15) is 0 Å². The number of nitrogens with one attached hydrogen (secondary N) is 1. The predicted molar refractivity (Wildman–Crippen MR) is 81.3 cm³/mol. The molecule has 2 aliphatic rings. The van der Waals surface area contributed by atoms with Gasteiger partial charge in [0.05, 0.1) is 17.7 Å². The fourth-order valence-corrected chi connectivity index (χ4v) is 3.62. The molecule has 1 unspecified atom stereocenters. The fraction of sp³-hybridized carbons (Fsp3) is 0.600. The van der Waals surface area contributed by atoms with Crippen molar-refractivity contribution in [3.63, 3.8) is 0 Å². The molecule has 2 fully saturated rings. The molecule has 2 aliphatic heterocycles. The van der Waals surface area contributed by atoms with Gasteiger partial charge in [-0.15, -0.1) is 0 Å². The van der Waals surface area contributed by atoms with Crippen LogP contribution >= 0.6 is 0 Å². The summed E-state index contributed by atoms with van der Waals surface area (Å²) < 4.78 is 5.98. The molecule has 112 valence electrons. The Morgan fingerprint density at radius 3 is 2.90 bits per heavy atom. The number of aromatic nitrogens is 3. The Hall–Kier alpha value is -1.66. The van der Waals surface area contributed by atoms with E-state index in [1.807, 2.05) is 19.2 Å². The van der Waals surface area contributed by atoms with Gasteiger partial charge in [0.25, 0.3) is 0 Å². The molecule has 6 nitrogen and oxygen atoms in total. The van der Waals surface area contributed by atoms with Crippen molar-refractivity contribution in [2.45, 2.75) is 37.8 Å². The lowest BCUT2D eigenvalue weighted by molar-refractivity contribution is -0.0148. The Morgan fingerprint density at radius 2 is 2.19 bits per heavy atom. The molecule has 0 aromatic carbocycles. The van der Waals surface area contributed by atoms with Gasteiger partial charge in [0.15, 0.2) is 5.82 Å². The van der Waals surface area contributed by atoms with E-state index in [4.69, 9.17) is 10.5 Å². The highest BCUT2D eigenvalue weighted by molar-refractivity contribution is 5.86. The van der Waals surface area contributed by atoms with Crippen LogP contribution in [0.1, 0.15) is 25.1 Å². The Morgan fingerprint density at radius 1 is 1.38 bits per heavy atom. The number of nitrogens with two attached hydrogens (primary N) is 1. The number of aryl methyl sites for hydroxylation is 1. The number of hydrogen-bond donors (Lipinski definition) is 2. The smallest absolute Gasteiger partial charge is 0.156 e. The molecule has 2 saturated heterocycles. The molecule has 2 aromatic heterocycles. The van der Waals surface area contributed by atoms with E-state index >= 15 is 0 Å². The molecule has 0 aliphatic carbocycles. The molecule has 4 heterocycles. The minimum atomic E-state index is 0.00679. The van der Waals surface area contributed by atoms with Gasteiger partial charge in [0, 0.05) is 25.3 Å². The molecule has 3 N–H and O–H groups in total. The van der Waals surface area contributed by atoms with E-state index in [1.165, 1.54) is 0 Å². The highest BCUT2D eigenvalue weighted by atomic mass is 16.5. The van der Waals surface area contributed by atoms with Crippen LogP contribution in [0.3, 0.4) is 0 Å². The number of piperidine rings is 1. The van der Waals surface area contributed by atoms with Crippen LogP contribution in [0, 0.1) is 6.92 Å². The topological polar surface area (TPSA) is 80.1 Å². The van der Waals surface area contributed by atoms with Gasteiger partial charge in [-0.3, -0.25) is 0 Å². The maximum Gasteiger partial charge on any atom is 0.156 e. The van der Waals surface area contributed by atoms with Crippen LogP contribution in [0.25, 0.3) is 11.0 Å². The highest BCUT2D eigenvalue weighted by Crippen LogP contribution is 2.37. The lowest BCUT2D eigenvalue weighted by Crippen LogP contribution is -2.45. The van der Waals surface area contributed by atoms with E-state index in [-0.39, 0.29) is 11.6 Å². The van der Waals surface area contributed by atoms with Crippen molar-refractivity contribution in [3.05, 3.63) is 18.1 Å². The van der Waals surface area contributed by atoms with Gasteiger partial charge in [-0.1, -0.05) is 0 Å². The standard InChI is InChI=1S/C15H21N5O/c1-10-18-12-2-5-17-13(12)14(19-10)20-6-3-15(4-7-20)8-11(16)9-21-15/h2,5,11,17H,3-4,6-9,16H2,1H3. The van der Waals surface area contributed by atoms with Crippen molar-refractivity contribution in [2.24, 2.45) is 5.73 Å². The van der Waals surface area contributed by atoms with Gasteiger partial charge in [-0.25, -0.2) is 9.97 Å². The van der Waals surface area contributed by atoms with Crippen molar-refractivity contribution in [2.75, 3.05) is 24.6 Å². The van der Waals surface area contributed by atoms with Crippen molar-refractivity contribution < 1.29 is 4.74 Å². The number of rotatable bonds is 1. The summed E-state index contributed by atoms with van der Waals surface area (Å²) in [7, 11) is 0. The first-order valence-corrected chi connectivity index (χ1v) is 7.61. The van der Waals surface area contributed by atoms with Crippen LogP contribution in [0.2, 0.25) is 0 Å². The van der Waals surface area contributed by atoms with Gasteiger partial charge in [0.1, 0.15) is 11.3 Å². The second kappa shape index (κ2) is 4.68. The summed E-state index contributed by atoms with van der Waals surface area (Å²) >= 11 is 0. The zero-order chi connectivity index (χ0) is 14.4. The summed E-state index contributed by atoms with van der Waals surface area (Å²) in [5, 5.41) is 0. The van der Waals surface area contributed by atoms with E-state index in [0.29, 0.717) is 6.61 Å². The average Bonchev–Trinajstić information content (AvgIpc) is 3.06. The van der Waals surface area contributed by atoms with Crippen molar-refractivity contribution in [1.29, 1.82) is 0 Å². The number of aromatic amines is 1. The molecular weight excluding hydrogens is 266 g/mol. The Kier molecular flexibility index (Phi) is 2.90. The summed E-state index contributed by atoms with van der Waals surface area (Å²) in [6.45, 7) is 4.56. The molecule has 6 heteroatoms. The highest BCUT2D eigenvalue weighted by Gasteiger charge is 2.42. The third-order valence-corrected chi connectivity index (χ3v) is 4.71. The minimum Gasteiger partial charge on any atom is -0.373 e. The number of hydrogen-bond acceptors (Lipinski definition) is 5. The van der Waals surface area contributed by atoms with Gasteiger partial charge in [-0.2, -0.15) is 0 Å². The molecule has 0 amide bonds. The normalized spacial score (nSPS) is 25.0. The summed E-state index contributed by atoms with van der Waals surface area (Å²) in [6.07, 6.45) is 4.95. The Bertz CT molecular complexity index is 659. The second-order valence-electron chi connectivity index (χ2n) is 6.28. The summed E-state index contributed by atoms with van der Waals surface area (Å²) in [4.78, 5) is 14.7. The van der Waals surface area contributed by atoms with Crippen molar-refractivity contribution in [1.82, 2.24) is 15.0 Å². The van der Waals surface area contributed by atoms with Crippen molar-refractivity contribution in [3.8, 4) is 0 Å². The molecule has 1 spiro atoms. The first kappa shape index (κ1) is 13.0. The molecule has 0 bridgehead atoms. The van der Waals surface area contributed by atoms with Gasteiger partial charge in [0.2, 0.25) is 0 Å². The zero-order valence-corrected chi connectivity index (χ0v) is 12.3. The molecule has 0 radical (unpaired) electrons. The van der Waals surface area contributed by atoms with Crippen LogP contribution in [-0.2, 0) is 4.74 Å². The first-order valence-electron chi connectivity index (χ1n) is 7.61. The van der Waals surface area contributed by atoms with Gasteiger partial charge < -0.3 is 20.4 Å². The largest absolute Gasteiger partial charge is 0.373 e. The molecule has 1 atom stereocenters. The van der Waals surface area contributed by atoms with Crippen molar-refractivity contribution >= 4 is 16.9 Å². The average molecular weight is 287 g/mol. The Balaban J connectivity index is 1.59. The van der Waals surface area contributed by atoms with Crippen LogP contribution in [-0.4, -0.2) is 46.3 Å². The first-order chi connectivity index (χ1) is 10.2. The zero-order valence-electron chi connectivity index (χ0n) is 12.3. The minimum absolute atomic E-state index is 0.00679. The molecule has 21 heavy (non-hydrogen) atoms. The third kappa shape index (κ3) is 2.18. The van der Waals surface area contributed by atoms with Crippen LogP contribution in [0.15, 0.2) is 12.3 Å². The van der Waals surface area contributed by atoms with Gasteiger partial charge >= 0.3 is 0 Å². The Labute approximate surface area is 123 Å². The second-order valence-corrected chi connectivity index (χ2v) is 6.28. The lowest BCUT2D eigenvalue weighted by Gasteiger charge is -2.39. The number of nitrogens with zero attached hydrogens (tertiary/aromatic N) is 3. The number of ether oxygens (including phenoxy) is 1. The SMILES string of the molecule is Cc1nc(N2CCC3(CC2)CC(N)CO3)c2[nH]ccc2n1. The number of fused-ring (bicyclic) bond motifs is 1. The van der Waals surface area contributed by atoms with Crippen LogP contribution in [0.4, 0.5) is 5.82 Å². The maximum atomic E-state index is 6.00. The van der Waals surface area contributed by atoms with Crippen LogP contribution < -0.4 is 10.6 Å². The van der Waals surface area contributed by atoms with E-state index < -0.39 is 0 Å². The number of H-pyrrole nitrogens is 1.